The van der Waals surface area contributed by atoms with Crippen molar-refractivity contribution in [2.45, 2.75) is 78.3 Å². The Morgan fingerprint density at radius 3 is 1.52 bits per heavy atom. The third kappa shape index (κ3) is 4.55. The molecule has 151 valence electrons. The molecule has 0 aliphatic carbocycles. The van der Waals surface area contributed by atoms with Crippen LogP contribution in [0.3, 0.4) is 0 Å². The Balaban J connectivity index is 3.45. The molecule has 0 aliphatic heterocycles. The summed E-state index contributed by atoms with van der Waals surface area (Å²) in [5.74, 6) is 0. The van der Waals surface area contributed by atoms with E-state index in [-0.39, 0.29) is 0 Å². The van der Waals surface area contributed by atoms with Gasteiger partial charge in [0.05, 0.1) is 39.9 Å². The topological polar surface area (TPSA) is 56.2 Å². The Hall–Kier alpha value is -0.542. The van der Waals surface area contributed by atoms with Crippen molar-refractivity contribution in [3.8, 4) is 6.07 Å². The van der Waals surface area contributed by atoms with E-state index in [9.17, 15) is 5.21 Å². The lowest BCUT2D eigenvalue weighted by Crippen LogP contribution is -2.85. The van der Waals surface area contributed by atoms with Gasteiger partial charge >= 0.3 is 0 Å². The first-order chi connectivity index (χ1) is 11.9. The Kier molecular flexibility index (Phi) is 6.99. The molecule has 0 aliphatic rings. The Morgan fingerprint density at radius 1 is 0.852 bits per heavy atom. The van der Waals surface area contributed by atoms with Crippen LogP contribution in [0.1, 0.15) is 25.0 Å². The summed E-state index contributed by atoms with van der Waals surface area (Å²) in [5, 5.41) is 23.5. The van der Waals surface area contributed by atoms with Crippen LogP contribution in [-0.4, -0.2) is 34.9 Å². The highest BCUT2D eigenvalue weighted by Crippen LogP contribution is 2.40. The third-order valence-electron chi connectivity index (χ3n) is 5.57. The smallest absolute Gasteiger partial charge is 0.188 e. The summed E-state index contributed by atoms with van der Waals surface area (Å²) in [7, 11) is -5.13. The van der Waals surface area contributed by atoms with Crippen LogP contribution >= 0.6 is 0 Å². The normalized spacial score (nSPS) is 14.4. The molecule has 0 spiro atoms. The van der Waals surface area contributed by atoms with Gasteiger partial charge in [0.1, 0.15) is 0 Å². The fraction of sp³-hybridized carbons (Fsp3) is 0.632. The van der Waals surface area contributed by atoms with Gasteiger partial charge in [0, 0.05) is 0 Å². The summed E-state index contributed by atoms with van der Waals surface area (Å²) in [6, 6.07) is 9.41. The summed E-state index contributed by atoms with van der Waals surface area (Å²) in [4.78, 5) is 0. The van der Waals surface area contributed by atoms with Crippen molar-refractivity contribution in [1.82, 2.24) is 5.23 Å². The first kappa shape index (κ1) is 24.5. The fourth-order valence-electron chi connectivity index (χ4n) is 5.08. The summed E-state index contributed by atoms with van der Waals surface area (Å²) in [5.41, 5.74) is 0.676. The number of hydroxylamine groups is 2. The molecule has 1 aromatic carbocycles. The van der Waals surface area contributed by atoms with Crippen LogP contribution in [-0.2, 0) is 15.3 Å². The van der Waals surface area contributed by atoms with Gasteiger partial charge in [-0.25, -0.2) is 0 Å². The highest BCUT2D eigenvalue weighted by molar-refractivity contribution is 7.87. The van der Waals surface area contributed by atoms with Gasteiger partial charge in [-0.3, -0.25) is 0 Å². The maximum Gasteiger partial charge on any atom is 0.188 e. The molecule has 0 bridgehead atoms. The first-order valence-electron chi connectivity index (χ1n) is 9.59. The lowest BCUT2D eigenvalue weighted by Gasteiger charge is -2.56. The molecule has 1 aromatic rings. The van der Waals surface area contributed by atoms with E-state index in [0.717, 1.165) is 10.8 Å². The molecule has 0 saturated heterocycles. The number of hydrogen-bond acceptors (Lipinski definition) is 3. The SMILES string of the molecule is CC(C)(c1ccc(C#N)cc1)N([O])O[Si]([Si](C)(C)C)([Si](C)(C)C)[Si](C)(C)C. The molecule has 8 heteroatoms. The maximum absolute atomic E-state index is 13.5. The zero-order valence-corrected chi connectivity index (χ0v) is 23.0. The standard InChI is InChI=1S/C19H37N2O2Si4/c1-19(2,18-14-12-17(16-20)13-15-18)21(22)23-27(24(3,4)5,25(6,7)8)26(9,10)11/h12-15H,1-11H3. The molecule has 0 N–H and O–H groups in total. The van der Waals surface area contributed by atoms with Crippen LogP contribution in [0.4, 0.5) is 0 Å². The lowest BCUT2D eigenvalue weighted by molar-refractivity contribution is -0.380. The van der Waals surface area contributed by atoms with Crippen LogP contribution in [0.2, 0.25) is 58.9 Å². The summed E-state index contributed by atoms with van der Waals surface area (Å²) < 4.78 is 6.74. The molecule has 27 heavy (non-hydrogen) atoms. The van der Waals surface area contributed by atoms with Gasteiger partial charge in [-0.15, -0.1) is 0 Å². The minimum atomic E-state index is -2.25. The molecule has 0 amide bonds. The third-order valence-corrected chi connectivity index (χ3v) is 72.7. The van der Waals surface area contributed by atoms with Crippen molar-refractivity contribution < 1.29 is 9.73 Å². The van der Waals surface area contributed by atoms with E-state index in [1.165, 1.54) is 0 Å². The van der Waals surface area contributed by atoms with Gasteiger partial charge in [0.2, 0.25) is 0 Å². The second-order valence-electron chi connectivity index (χ2n) is 11.0. The highest BCUT2D eigenvalue weighted by Gasteiger charge is 2.66. The van der Waals surface area contributed by atoms with Crippen molar-refractivity contribution in [3.63, 3.8) is 0 Å². The molecule has 0 fully saturated rings. The second kappa shape index (κ2) is 7.70. The number of hydrogen-bond donors (Lipinski definition) is 0. The molecule has 0 unspecified atom stereocenters. The van der Waals surface area contributed by atoms with Gasteiger partial charge in [-0.2, -0.15) is 5.26 Å². The number of nitriles is 1. The molecule has 0 atom stereocenters. The zero-order chi connectivity index (χ0) is 21.5. The first-order valence-corrected chi connectivity index (χ1v) is 25.0. The van der Waals surface area contributed by atoms with Crippen molar-refractivity contribution in [2.75, 3.05) is 0 Å². The minimum Gasteiger partial charge on any atom is -0.328 e. The van der Waals surface area contributed by atoms with Crippen molar-refractivity contribution in [2.24, 2.45) is 0 Å². The van der Waals surface area contributed by atoms with E-state index in [4.69, 9.17) is 9.79 Å². The highest BCUT2D eigenvalue weighted by atomic mass is 29.9. The molecule has 1 radical (unpaired) electrons. The second-order valence-corrected chi connectivity index (χ2v) is 50.4. The average molecular weight is 438 g/mol. The zero-order valence-electron chi connectivity index (χ0n) is 19.0. The van der Waals surface area contributed by atoms with E-state index in [0.29, 0.717) is 5.56 Å². The molecule has 1 rings (SSSR count). The van der Waals surface area contributed by atoms with E-state index >= 15 is 0 Å². The summed E-state index contributed by atoms with van der Waals surface area (Å²) in [6.07, 6.45) is 0. The molecular weight excluding hydrogens is 401 g/mol. The molecule has 4 nitrogen and oxygen atoms in total. The molecule has 0 heterocycles. The monoisotopic (exact) mass is 437 g/mol. The molecule has 0 aromatic heterocycles. The van der Waals surface area contributed by atoms with Crippen molar-refractivity contribution >= 4 is 29.6 Å². The van der Waals surface area contributed by atoms with Gasteiger partial charge in [0.15, 0.2) is 6.87 Å². The Labute approximate surface area is 169 Å². The predicted octanol–water partition coefficient (Wildman–Crippen LogP) is 5.57. The lowest BCUT2D eigenvalue weighted by atomic mass is 9.94. The Morgan fingerprint density at radius 2 is 1.22 bits per heavy atom. The maximum atomic E-state index is 13.5. The van der Waals surface area contributed by atoms with E-state index in [2.05, 4.69) is 65.0 Å². The van der Waals surface area contributed by atoms with Crippen molar-refractivity contribution in [1.29, 1.82) is 5.26 Å². The van der Waals surface area contributed by atoms with Crippen LogP contribution in [0.25, 0.3) is 0 Å². The molecule has 0 saturated carbocycles. The van der Waals surface area contributed by atoms with E-state index in [1.54, 1.807) is 12.1 Å². The summed E-state index contributed by atoms with van der Waals surface area (Å²) in [6.45, 7) is 23.2. The van der Waals surface area contributed by atoms with E-state index in [1.807, 2.05) is 26.0 Å². The Bertz CT molecular complexity index is 657. The van der Waals surface area contributed by atoms with Gasteiger partial charge < -0.3 is 4.53 Å². The predicted molar refractivity (Wildman–Crippen MR) is 124 cm³/mol. The van der Waals surface area contributed by atoms with Gasteiger partial charge in [-0.1, -0.05) is 76.3 Å². The van der Waals surface area contributed by atoms with Crippen molar-refractivity contribution in [3.05, 3.63) is 35.4 Å². The number of nitrogens with zero attached hydrogens (tertiary/aromatic N) is 2. The van der Waals surface area contributed by atoms with Gasteiger partial charge in [0.25, 0.3) is 0 Å². The van der Waals surface area contributed by atoms with Crippen LogP contribution in [0.15, 0.2) is 24.3 Å². The fourth-order valence-corrected chi connectivity index (χ4v) is 97.3. The van der Waals surface area contributed by atoms with Crippen LogP contribution in [0.5, 0.6) is 0 Å². The van der Waals surface area contributed by atoms with Crippen LogP contribution < -0.4 is 0 Å². The van der Waals surface area contributed by atoms with E-state index < -0.39 is 35.2 Å². The van der Waals surface area contributed by atoms with Gasteiger partial charge in [-0.05, 0) is 36.8 Å². The summed E-state index contributed by atoms with van der Waals surface area (Å²) >= 11 is 0. The largest absolute Gasteiger partial charge is 0.328 e. The number of rotatable bonds is 7. The quantitative estimate of drug-likeness (QED) is 0.414. The minimum absolute atomic E-state index is 0.600. The average Bonchev–Trinajstić information content (AvgIpc) is 2.48. The number of benzene rings is 1. The molecular formula is C19H37N2O2Si4. The van der Waals surface area contributed by atoms with Crippen LogP contribution in [0, 0.1) is 11.3 Å².